The van der Waals surface area contributed by atoms with Gasteiger partial charge in [-0.05, 0) is 35.6 Å². The molecule has 1 heterocycles. The zero-order chi connectivity index (χ0) is 14.5. The predicted octanol–water partition coefficient (Wildman–Crippen LogP) is 2.92. The monoisotopic (exact) mass is 296 g/mol. The molecule has 0 radical (unpaired) electrons. The van der Waals surface area contributed by atoms with E-state index in [1.807, 2.05) is 6.07 Å². The number of ether oxygens (including phenoxy) is 1. The van der Waals surface area contributed by atoms with Gasteiger partial charge in [0.05, 0.1) is 7.11 Å². The molecule has 0 amide bonds. The summed E-state index contributed by atoms with van der Waals surface area (Å²) in [5.74, 6) is 1.36. The third kappa shape index (κ3) is 3.87. The van der Waals surface area contributed by atoms with Gasteiger partial charge in [0, 0.05) is 37.7 Å². The molecule has 3 nitrogen and oxygen atoms in total. The van der Waals surface area contributed by atoms with Gasteiger partial charge in [-0.1, -0.05) is 25.4 Å². The Morgan fingerprint density at radius 1 is 1.30 bits per heavy atom. The van der Waals surface area contributed by atoms with Crippen LogP contribution in [0.2, 0.25) is 5.02 Å². The molecule has 0 aromatic heterocycles. The molecular formula is C16H25ClN2O. The number of methoxy groups -OCH3 is 1. The van der Waals surface area contributed by atoms with Crippen molar-refractivity contribution in [1.29, 1.82) is 0 Å². The molecule has 20 heavy (non-hydrogen) atoms. The number of piperazine rings is 1. The molecule has 0 spiro atoms. The number of hydrogen-bond donors (Lipinski definition) is 1. The van der Waals surface area contributed by atoms with Crippen molar-refractivity contribution < 1.29 is 4.74 Å². The summed E-state index contributed by atoms with van der Waals surface area (Å²) in [4.78, 5) is 2.51. The molecule has 4 heteroatoms. The van der Waals surface area contributed by atoms with Gasteiger partial charge < -0.3 is 15.0 Å². The lowest BCUT2D eigenvalue weighted by molar-refractivity contribution is 0.243. The Morgan fingerprint density at radius 3 is 2.60 bits per heavy atom. The smallest absolute Gasteiger partial charge is 0.124 e. The van der Waals surface area contributed by atoms with Crippen LogP contribution in [0.1, 0.15) is 30.9 Å². The van der Waals surface area contributed by atoms with Crippen molar-refractivity contribution in [2.24, 2.45) is 0 Å². The lowest BCUT2D eigenvalue weighted by Crippen LogP contribution is -2.44. The average molecular weight is 297 g/mol. The summed E-state index contributed by atoms with van der Waals surface area (Å²) in [6, 6.07) is 4.02. The van der Waals surface area contributed by atoms with Crippen LogP contribution < -0.4 is 10.1 Å². The highest BCUT2D eigenvalue weighted by molar-refractivity contribution is 6.30. The second-order valence-corrected chi connectivity index (χ2v) is 6.11. The SMILES string of the molecule is COc1cc(Cl)cc(CCN2CCNCC2)c1C(C)C. The van der Waals surface area contributed by atoms with Crippen molar-refractivity contribution in [3.8, 4) is 5.75 Å². The van der Waals surface area contributed by atoms with Crippen LogP contribution in [0.5, 0.6) is 5.75 Å². The number of halogens is 1. The number of benzene rings is 1. The molecule has 0 saturated carbocycles. The number of rotatable bonds is 5. The van der Waals surface area contributed by atoms with Crippen molar-refractivity contribution in [3.05, 3.63) is 28.3 Å². The highest BCUT2D eigenvalue weighted by atomic mass is 35.5. The first kappa shape index (κ1) is 15.6. The third-order valence-electron chi connectivity index (χ3n) is 3.90. The first-order chi connectivity index (χ1) is 9.61. The zero-order valence-corrected chi connectivity index (χ0v) is 13.5. The highest BCUT2D eigenvalue weighted by Crippen LogP contribution is 2.33. The lowest BCUT2D eigenvalue weighted by atomic mass is 9.94. The Balaban J connectivity index is 2.14. The van der Waals surface area contributed by atoms with Gasteiger partial charge in [0.15, 0.2) is 0 Å². The van der Waals surface area contributed by atoms with Gasteiger partial charge in [0.2, 0.25) is 0 Å². The Labute approximate surface area is 127 Å². The average Bonchev–Trinajstić information content (AvgIpc) is 2.45. The molecule has 0 atom stereocenters. The molecule has 2 rings (SSSR count). The maximum absolute atomic E-state index is 6.22. The summed E-state index contributed by atoms with van der Waals surface area (Å²) in [5.41, 5.74) is 2.62. The fraction of sp³-hybridized carbons (Fsp3) is 0.625. The second kappa shape index (κ2) is 7.30. The maximum atomic E-state index is 6.22. The lowest BCUT2D eigenvalue weighted by Gasteiger charge is -2.28. The van der Waals surface area contributed by atoms with Crippen LogP contribution in [0.25, 0.3) is 0 Å². The van der Waals surface area contributed by atoms with Crippen molar-refractivity contribution >= 4 is 11.6 Å². The van der Waals surface area contributed by atoms with E-state index in [0.717, 1.165) is 49.9 Å². The van der Waals surface area contributed by atoms with Crippen molar-refractivity contribution in [2.45, 2.75) is 26.2 Å². The van der Waals surface area contributed by atoms with Gasteiger partial charge >= 0.3 is 0 Å². The first-order valence-electron chi connectivity index (χ1n) is 7.41. The topological polar surface area (TPSA) is 24.5 Å². The van der Waals surface area contributed by atoms with E-state index in [-0.39, 0.29) is 0 Å². The zero-order valence-electron chi connectivity index (χ0n) is 12.7. The van der Waals surface area contributed by atoms with Gasteiger partial charge in [0.25, 0.3) is 0 Å². The molecule has 1 aromatic rings. The number of hydrogen-bond acceptors (Lipinski definition) is 3. The molecule has 1 saturated heterocycles. The molecule has 1 N–H and O–H groups in total. The minimum Gasteiger partial charge on any atom is -0.496 e. The van der Waals surface area contributed by atoms with E-state index in [1.54, 1.807) is 7.11 Å². The third-order valence-corrected chi connectivity index (χ3v) is 4.11. The van der Waals surface area contributed by atoms with Crippen LogP contribution in [0, 0.1) is 0 Å². The van der Waals surface area contributed by atoms with Gasteiger partial charge in [-0.2, -0.15) is 0 Å². The van der Waals surface area contributed by atoms with Gasteiger partial charge in [-0.15, -0.1) is 0 Å². The van der Waals surface area contributed by atoms with Crippen LogP contribution in [-0.4, -0.2) is 44.7 Å². The van der Waals surface area contributed by atoms with E-state index in [1.165, 1.54) is 11.1 Å². The van der Waals surface area contributed by atoms with Crippen LogP contribution in [0.15, 0.2) is 12.1 Å². The minimum absolute atomic E-state index is 0.445. The molecule has 1 aromatic carbocycles. The van der Waals surface area contributed by atoms with Crippen molar-refractivity contribution in [3.63, 3.8) is 0 Å². The van der Waals surface area contributed by atoms with Crippen LogP contribution >= 0.6 is 11.6 Å². The van der Waals surface area contributed by atoms with E-state index in [9.17, 15) is 0 Å². The van der Waals surface area contributed by atoms with E-state index in [4.69, 9.17) is 16.3 Å². The summed E-state index contributed by atoms with van der Waals surface area (Å²) in [6.45, 7) is 9.96. The molecule has 112 valence electrons. The number of nitrogens with zero attached hydrogens (tertiary/aromatic N) is 1. The Hall–Kier alpha value is -0.770. The Bertz CT molecular complexity index is 442. The summed E-state index contributed by atoms with van der Waals surface area (Å²) < 4.78 is 5.51. The van der Waals surface area contributed by atoms with Crippen LogP contribution in [0.3, 0.4) is 0 Å². The van der Waals surface area contributed by atoms with E-state index >= 15 is 0 Å². The standard InChI is InChI=1S/C16H25ClN2O/c1-12(2)16-13(10-14(17)11-15(16)20-3)4-7-19-8-5-18-6-9-19/h10-12,18H,4-9H2,1-3H3. The fourth-order valence-electron chi connectivity index (χ4n) is 2.89. The van der Waals surface area contributed by atoms with Crippen molar-refractivity contribution in [1.82, 2.24) is 10.2 Å². The molecule has 1 aliphatic heterocycles. The minimum atomic E-state index is 0.445. The second-order valence-electron chi connectivity index (χ2n) is 5.68. The summed E-state index contributed by atoms with van der Waals surface area (Å²) in [5, 5.41) is 4.15. The molecule has 0 bridgehead atoms. The quantitative estimate of drug-likeness (QED) is 0.904. The number of nitrogens with one attached hydrogen (secondary N) is 1. The van der Waals surface area contributed by atoms with Gasteiger partial charge in [-0.25, -0.2) is 0 Å². The predicted molar refractivity (Wildman–Crippen MR) is 85.1 cm³/mol. The first-order valence-corrected chi connectivity index (χ1v) is 7.79. The van der Waals surface area contributed by atoms with E-state index < -0.39 is 0 Å². The molecule has 0 aliphatic carbocycles. The Morgan fingerprint density at radius 2 is 2.00 bits per heavy atom. The van der Waals surface area contributed by atoms with E-state index in [2.05, 4.69) is 30.1 Å². The molecule has 1 fully saturated rings. The van der Waals surface area contributed by atoms with E-state index in [0.29, 0.717) is 5.92 Å². The fourth-order valence-corrected chi connectivity index (χ4v) is 3.12. The van der Waals surface area contributed by atoms with Crippen LogP contribution in [-0.2, 0) is 6.42 Å². The highest BCUT2D eigenvalue weighted by Gasteiger charge is 2.16. The van der Waals surface area contributed by atoms with Gasteiger partial charge in [-0.3, -0.25) is 0 Å². The molecular weight excluding hydrogens is 272 g/mol. The van der Waals surface area contributed by atoms with Crippen molar-refractivity contribution in [2.75, 3.05) is 39.8 Å². The largest absolute Gasteiger partial charge is 0.496 e. The van der Waals surface area contributed by atoms with Gasteiger partial charge in [0.1, 0.15) is 5.75 Å². The Kier molecular flexibility index (Phi) is 5.70. The molecule has 0 unspecified atom stereocenters. The summed E-state index contributed by atoms with van der Waals surface area (Å²) in [7, 11) is 1.72. The summed E-state index contributed by atoms with van der Waals surface area (Å²) >= 11 is 6.22. The summed E-state index contributed by atoms with van der Waals surface area (Å²) in [6.07, 6.45) is 1.03. The van der Waals surface area contributed by atoms with Crippen LogP contribution in [0.4, 0.5) is 0 Å². The maximum Gasteiger partial charge on any atom is 0.124 e. The normalized spacial score (nSPS) is 16.6. The molecule has 1 aliphatic rings.